The van der Waals surface area contributed by atoms with Crippen LogP contribution in [0.3, 0.4) is 0 Å². The highest BCUT2D eigenvalue weighted by Crippen LogP contribution is 2.26. The molecular formula is C17H26N2O2. The third kappa shape index (κ3) is 3.83. The van der Waals surface area contributed by atoms with Gasteiger partial charge in [-0.25, -0.2) is 0 Å². The van der Waals surface area contributed by atoms with Crippen LogP contribution in [0.25, 0.3) is 0 Å². The fourth-order valence-electron chi connectivity index (χ4n) is 3.16. The summed E-state index contributed by atoms with van der Waals surface area (Å²) in [5.41, 5.74) is 1.34. The SMILES string of the molecule is CCN(C(=O)COC)C1CCN(C(C)c2ccccc2)C1. The van der Waals surface area contributed by atoms with E-state index >= 15 is 0 Å². The Morgan fingerprint density at radius 3 is 2.76 bits per heavy atom. The molecular weight excluding hydrogens is 264 g/mol. The van der Waals surface area contributed by atoms with Crippen molar-refractivity contribution in [2.45, 2.75) is 32.4 Å². The minimum atomic E-state index is 0.0965. The quantitative estimate of drug-likeness (QED) is 0.806. The van der Waals surface area contributed by atoms with Gasteiger partial charge in [0.2, 0.25) is 5.91 Å². The Kier molecular flexibility index (Phi) is 5.76. The number of likely N-dealkylation sites (tertiary alicyclic amines) is 1. The number of hydrogen-bond donors (Lipinski definition) is 0. The lowest BCUT2D eigenvalue weighted by atomic mass is 10.1. The van der Waals surface area contributed by atoms with E-state index in [9.17, 15) is 4.79 Å². The number of amides is 1. The van der Waals surface area contributed by atoms with Crippen LogP contribution in [-0.2, 0) is 9.53 Å². The average Bonchev–Trinajstić information content (AvgIpc) is 2.98. The van der Waals surface area contributed by atoms with Crippen molar-refractivity contribution in [3.8, 4) is 0 Å². The van der Waals surface area contributed by atoms with Crippen LogP contribution in [-0.4, -0.2) is 55.1 Å². The first-order valence-electron chi connectivity index (χ1n) is 7.74. The Bertz CT molecular complexity index is 449. The summed E-state index contributed by atoms with van der Waals surface area (Å²) in [5.74, 6) is 0.0965. The Morgan fingerprint density at radius 1 is 1.43 bits per heavy atom. The molecule has 0 bridgehead atoms. The van der Waals surface area contributed by atoms with Crippen LogP contribution in [0, 0.1) is 0 Å². The van der Waals surface area contributed by atoms with E-state index in [-0.39, 0.29) is 12.5 Å². The van der Waals surface area contributed by atoms with Gasteiger partial charge in [-0.05, 0) is 25.8 Å². The number of likely N-dealkylation sites (N-methyl/N-ethyl adjacent to an activating group) is 1. The van der Waals surface area contributed by atoms with Crippen LogP contribution in [0.2, 0.25) is 0 Å². The van der Waals surface area contributed by atoms with E-state index in [1.165, 1.54) is 5.56 Å². The van der Waals surface area contributed by atoms with Crippen molar-refractivity contribution in [3.63, 3.8) is 0 Å². The summed E-state index contributed by atoms with van der Waals surface area (Å²) < 4.78 is 4.98. The molecule has 0 aromatic heterocycles. The maximum atomic E-state index is 12.1. The predicted octanol–water partition coefficient (Wildman–Crippen LogP) is 2.32. The second-order valence-corrected chi connectivity index (χ2v) is 5.64. The molecule has 0 radical (unpaired) electrons. The van der Waals surface area contributed by atoms with Gasteiger partial charge < -0.3 is 9.64 Å². The molecule has 2 unspecified atom stereocenters. The molecule has 2 rings (SSSR count). The number of hydrogen-bond acceptors (Lipinski definition) is 3. The Morgan fingerprint density at radius 2 is 2.14 bits per heavy atom. The summed E-state index contributed by atoms with van der Waals surface area (Å²) in [4.78, 5) is 16.5. The molecule has 0 spiro atoms. The third-order valence-electron chi connectivity index (χ3n) is 4.39. The monoisotopic (exact) mass is 290 g/mol. The van der Waals surface area contributed by atoms with Gasteiger partial charge >= 0.3 is 0 Å². The van der Waals surface area contributed by atoms with Gasteiger partial charge in [-0.3, -0.25) is 9.69 Å². The number of ether oxygens (including phenoxy) is 1. The van der Waals surface area contributed by atoms with Crippen LogP contribution >= 0.6 is 0 Å². The molecule has 4 heteroatoms. The summed E-state index contributed by atoms with van der Waals surface area (Å²) in [7, 11) is 1.57. The van der Waals surface area contributed by atoms with Crippen LogP contribution in [0.1, 0.15) is 31.9 Å². The Hall–Kier alpha value is -1.39. The second-order valence-electron chi connectivity index (χ2n) is 5.64. The molecule has 116 valence electrons. The van der Waals surface area contributed by atoms with Crippen LogP contribution in [0.4, 0.5) is 0 Å². The van der Waals surface area contributed by atoms with Crippen LogP contribution in [0.5, 0.6) is 0 Å². The van der Waals surface area contributed by atoms with Crippen molar-refractivity contribution < 1.29 is 9.53 Å². The number of rotatable bonds is 6. The number of carbonyl (C=O) groups is 1. The molecule has 1 aliphatic heterocycles. The molecule has 1 aromatic carbocycles. The highest BCUT2D eigenvalue weighted by Gasteiger charge is 2.32. The van der Waals surface area contributed by atoms with Gasteiger partial charge in [-0.15, -0.1) is 0 Å². The standard InChI is InChI=1S/C17H26N2O2/c1-4-19(17(20)13-21-3)16-10-11-18(12-16)14(2)15-8-6-5-7-9-15/h5-9,14,16H,4,10-13H2,1-3H3. The van der Waals surface area contributed by atoms with E-state index in [4.69, 9.17) is 4.74 Å². The Balaban J connectivity index is 1.97. The van der Waals surface area contributed by atoms with Crippen molar-refractivity contribution in [2.75, 3.05) is 33.4 Å². The predicted molar refractivity (Wildman–Crippen MR) is 84.1 cm³/mol. The lowest BCUT2D eigenvalue weighted by molar-refractivity contribution is -0.137. The zero-order chi connectivity index (χ0) is 15.2. The molecule has 4 nitrogen and oxygen atoms in total. The van der Waals surface area contributed by atoms with E-state index in [0.29, 0.717) is 12.1 Å². The minimum absolute atomic E-state index is 0.0965. The molecule has 0 saturated carbocycles. The highest BCUT2D eigenvalue weighted by molar-refractivity contribution is 5.77. The molecule has 1 aromatic rings. The van der Waals surface area contributed by atoms with Gasteiger partial charge in [0.15, 0.2) is 0 Å². The summed E-state index contributed by atoms with van der Waals surface area (Å²) in [6.45, 7) is 7.19. The molecule has 1 saturated heterocycles. The number of nitrogens with zero attached hydrogens (tertiary/aromatic N) is 2. The van der Waals surface area contributed by atoms with E-state index in [1.807, 2.05) is 17.9 Å². The molecule has 21 heavy (non-hydrogen) atoms. The highest BCUT2D eigenvalue weighted by atomic mass is 16.5. The number of benzene rings is 1. The van der Waals surface area contributed by atoms with Crippen LogP contribution in [0.15, 0.2) is 30.3 Å². The van der Waals surface area contributed by atoms with Gasteiger partial charge in [0.25, 0.3) is 0 Å². The lowest BCUT2D eigenvalue weighted by Gasteiger charge is -2.29. The van der Waals surface area contributed by atoms with Gasteiger partial charge in [-0.2, -0.15) is 0 Å². The minimum Gasteiger partial charge on any atom is -0.375 e. The molecule has 1 heterocycles. The molecule has 1 fully saturated rings. The molecule has 1 amide bonds. The molecule has 1 aliphatic rings. The summed E-state index contributed by atoms with van der Waals surface area (Å²) in [5, 5.41) is 0. The average molecular weight is 290 g/mol. The fourth-order valence-corrected chi connectivity index (χ4v) is 3.16. The molecule has 0 N–H and O–H groups in total. The summed E-state index contributed by atoms with van der Waals surface area (Å²) in [6.07, 6.45) is 1.04. The zero-order valence-corrected chi connectivity index (χ0v) is 13.3. The Labute approximate surface area is 127 Å². The van der Waals surface area contributed by atoms with Crippen molar-refractivity contribution >= 4 is 5.91 Å². The normalized spacial score (nSPS) is 20.4. The second kappa shape index (κ2) is 7.57. The lowest BCUT2D eigenvalue weighted by Crippen LogP contribution is -2.43. The largest absolute Gasteiger partial charge is 0.375 e. The van der Waals surface area contributed by atoms with Crippen molar-refractivity contribution in [2.24, 2.45) is 0 Å². The van der Waals surface area contributed by atoms with E-state index in [1.54, 1.807) is 7.11 Å². The first-order chi connectivity index (χ1) is 10.2. The molecule has 0 aliphatic carbocycles. The molecule has 2 atom stereocenters. The third-order valence-corrected chi connectivity index (χ3v) is 4.39. The summed E-state index contributed by atoms with van der Waals surface area (Å²) in [6, 6.07) is 11.3. The van der Waals surface area contributed by atoms with Gasteiger partial charge in [0, 0.05) is 38.8 Å². The van der Waals surface area contributed by atoms with Gasteiger partial charge in [-0.1, -0.05) is 30.3 Å². The van der Waals surface area contributed by atoms with Crippen molar-refractivity contribution in [1.29, 1.82) is 0 Å². The maximum absolute atomic E-state index is 12.1. The summed E-state index contributed by atoms with van der Waals surface area (Å²) >= 11 is 0. The topological polar surface area (TPSA) is 32.8 Å². The number of methoxy groups -OCH3 is 1. The first-order valence-corrected chi connectivity index (χ1v) is 7.74. The van der Waals surface area contributed by atoms with Gasteiger partial charge in [0.1, 0.15) is 6.61 Å². The smallest absolute Gasteiger partial charge is 0.248 e. The van der Waals surface area contributed by atoms with Crippen LogP contribution < -0.4 is 0 Å². The fraction of sp³-hybridized carbons (Fsp3) is 0.588. The zero-order valence-electron chi connectivity index (χ0n) is 13.3. The van der Waals surface area contributed by atoms with Gasteiger partial charge in [0.05, 0.1) is 0 Å². The van der Waals surface area contributed by atoms with E-state index < -0.39 is 0 Å². The first kappa shape index (κ1) is 16.0. The van der Waals surface area contributed by atoms with Crippen molar-refractivity contribution in [1.82, 2.24) is 9.80 Å². The number of carbonyl (C=O) groups excluding carboxylic acids is 1. The maximum Gasteiger partial charge on any atom is 0.248 e. The van der Waals surface area contributed by atoms with Crippen molar-refractivity contribution in [3.05, 3.63) is 35.9 Å². The van der Waals surface area contributed by atoms with E-state index in [2.05, 4.69) is 36.1 Å². The van der Waals surface area contributed by atoms with E-state index in [0.717, 1.165) is 26.1 Å².